The smallest absolute Gasteiger partial charge is 0.410 e. The van der Waals surface area contributed by atoms with Crippen molar-refractivity contribution in [2.45, 2.75) is 51.7 Å². The van der Waals surface area contributed by atoms with E-state index >= 15 is 0 Å². The largest absolute Gasteiger partial charge is 0.492 e. The predicted octanol–water partition coefficient (Wildman–Crippen LogP) is 4.48. The summed E-state index contributed by atoms with van der Waals surface area (Å²) in [5.74, 6) is 0.651. The van der Waals surface area contributed by atoms with Crippen molar-refractivity contribution in [3.63, 3.8) is 0 Å². The number of ether oxygens (including phenoxy) is 2. The molecule has 2 aromatic rings. The molecule has 3 heterocycles. The van der Waals surface area contributed by atoms with Crippen LogP contribution in [0.4, 0.5) is 10.5 Å². The van der Waals surface area contributed by atoms with Crippen molar-refractivity contribution in [2.75, 3.05) is 44.6 Å². The van der Waals surface area contributed by atoms with Crippen LogP contribution in [0.2, 0.25) is 5.02 Å². The number of nitrogens with zero attached hydrogens (tertiary/aromatic N) is 2. The third-order valence-electron chi connectivity index (χ3n) is 7.99. The number of hydrogen-bond donors (Lipinski definition) is 2. The van der Waals surface area contributed by atoms with Crippen molar-refractivity contribution in [2.24, 2.45) is 5.92 Å². The molecule has 0 atom stereocenters. The first-order valence-corrected chi connectivity index (χ1v) is 14.5. The van der Waals surface area contributed by atoms with Gasteiger partial charge in [-0.1, -0.05) is 41.9 Å². The Hall–Kier alpha value is -3.30. The Balaban J connectivity index is 1.05. The van der Waals surface area contributed by atoms with Crippen LogP contribution in [-0.4, -0.2) is 73.1 Å². The van der Waals surface area contributed by atoms with Gasteiger partial charge < -0.3 is 29.9 Å². The number of halogens is 1. The molecule has 40 heavy (non-hydrogen) atoms. The molecule has 2 N–H and O–H groups in total. The first-order chi connectivity index (χ1) is 19.4. The van der Waals surface area contributed by atoms with Crippen LogP contribution in [0.25, 0.3) is 0 Å². The van der Waals surface area contributed by atoms with Crippen LogP contribution in [0.1, 0.15) is 54.1 Å². The van der Waals surface area contributed by atoms with E-state index in [4.69, 9.17) is 21.1 Å². The fourth-order valence-electron chi connectivity index (χ4n) is 5.82. The number of likely N-dealkylation sites (tertiary alicyclic amines) is 2. The zero-order valence-electron chi connectivity index (χ0n) is 22.9. The van der Waals surface area contributed by atoms with Gasteiger partial charge in [0.1, 0.15) is 12.4 Å². The molecule has 0 spiro atoms. The average Bonchev–Trinajstić information content (AvgIpc) is 3.45. The first-order valence-electron chi connectivity index (χ1n) is 14.1. The van der Waals surface area contributed by atoms with E-state index in [0.717, 1.165) is 69.5 Å². The number of benzene rings is 2. The molecule has 9 nitrogen and oxygen atoms in total. The molecule has 10 heteroatoms. The summed E-state index contributed by atoms with van der Waals surface area (Å²) in [5, 5.41) is 6.28. The third kappa shape index (κ3) is 6.88. The van der Waals surface area contributed by atoms with Gasteiger partial charge in [0.05, 0.1) is 22.9 Å². The number of rotatable bonds is 7. The summed E-state index contributed by atoms with van der Waals surface area (Å²) in [4.78, 5) is 41.5. The lowest BCUT2D eigenvalue weighted by molar-refractivity contribution is -0.114. The van der Waals surface area contributed by atoms with Gasteiger partial charge in [-0.05, 0) is 43.2 Å². The molecule has 0 aliphatic carbocycles. The van der Waals surface area contributed by atoms with Crippen LogP contribution >= 0.6 is 11.6 Å². The predicted molar refractivity (Wildman–Crippen MR) is 153 cm³/mol. The first kappa shape index (κ1) is 28.2. The molecule has 2 saturated heterocycles. The number of anilines is 1. The lowest BCUT2D eigenvalue weighted by Crippen LogP contribution is -2.47. The molecule has 0 radical (unpaired) electrons. The second kappa shape index (κ2) is 12.9. The summed E-state index contributed by atoms with van der Waals surface area (Å²) in [6, 6.07) is 11.4. The van der Waals surface area contributed by atoms with E-state index in [2.05, 4.69) is 15.5 Å². The quantitative estimate of drug-likeness (QED) is 0.511. The highest BCUT2D eigenvalue weighted by Gasteiger charge is 2.30. The summed E-state index contributed by atoms with van der Waals surface area (Å²) in [5.41, 5.74) is 2.72. The Morgan fingerprint density at radius 1 is 1.05 bits per heavy atom. The Bertz CT molecular complexity index is 1220. The maximum absolute atomic E-state index is 13.2. The SMILES string of the molecule is CC(=O)Nc1c(Cl)cc(C(=O)NC2CCN(CC3CCN(C(=O)OCc4ccccc4)CC3)CC2)c2c1CCO2. The molecule has 0 unspecified atom stereocenters. The number of carbonyl (C=O) groups excluding carboxylic acids is 3. The van der Waals surface area contributed by atoms with E-state index < -0.39 is 0 Å². The van der Waals surface area contributed by atoms with Crippen LogP contribution in [0.3, 0.4) is 0 Å². The van der Waals surface area contributed by atoms with Crippen LogP contribution in [0.15, 0.2) is 36.4 Å². The highest BCUT2D eigenvalue weighted by atomic mass is 35.5. The number of carbonyl (C=O) groups is 3. The van der Waals surface area contributed by atoms with Crippen molar-refractivity contribution in [3.05, 3.63) is 58.1 Å². The normalized spacial score (nSPS) is 18.1. The van der Waals surface area contributed by atoms with Crippen molar-refractivity contribution in [1.82, 2.24) is 15.1 Å². The zero-order chi connectivity index (χ0) is 28.1. The van der Waals surface area contributed by atoms with Crippen LogP contribution in [-0.2, 0) is 22.6 Å². The minimum atomic E-state index is -0.235. The fraction of sp³-hybridized carbons (Fsp3) is 0.500. The van der Waals surface area contributed by atoms with E-state index in [0.29, 0.717) is 47.6 Å². The molecule has 0 saturated carbocycles. The summed E-state index contributed by atoms with van der Waals surface area (Å²) < 4.78 is 11.3. The lowest BCUT2D eigenvalue weighted by Gasteiger charge is -2.37. The Kier molecular flexibility index (Phi) is 9.11. The van der Waals surface area contributed by atoms with Gasteiger partial charge in [0.2, 0.25) is 5.91 Å². The monoisotopic (exact) mass is 568 g/mol. The topological polar surface area (TPSA) is 100 Å². The van der Waals surface area contributed by atoms with Gasteiger partial charge >= 0.3 is 6.09 Å². The van der Waals surface area contributed by atoms with Crippen LogP contribution in [0, 0.1) is 5.92 Å². The average molecular weight is 569 g/mol. The van der Waals surface area contributed by atoms with Crippen molar-refractivity contribution >= 4 is 35.2 Å². The minimum absolute atomic E-state index is 0.0795. The van der Waals surface area contributed by atoms with E-state index in [1.165, 1.54) is 6.92 Å². The van der Waals surface area contributed by atoms with Gasteiger partial charge in [-0.15, -0.1) is 0 Å². The highest BCUT2D eigenvalue weighted by molar-refractivity contribution is 6.34. The molecule has 2 fully saturated rings. The highest BCUT2D eigenvalue weighted by Crippen LogP contribution is 2.40. The summed E-state index contributed by atoms with van der Waals surface area (Å²) in [6.07, 6.45) is 4.04. The minimum Gasteiger partial charge on any atom is -0.492 e. The second-order valence-corrected chi connectivity index (χ2v) is 11.3. The van der Waals surface area contributed by atoms with Gasteiger partial charge in [-0.25, -0.2) is 4.79 Å². The number of fused-ring (bicyclic) bond motifs is 1. The molecular weight excluding hydrogens is 532 g/mol. The van der Waals surface area contributed by atoms with Gasteiger partial charge in [-0.2, -0.15) is 0 Å². The van der Waals surface area contributed by atoms with E-state index in [-0.39, 0.29) is 23.9 Å². The van der Waals surface area contributed by atoms with Crippen LogP contribution in [0.5, 0.6) is 5.75 Å². The summed E-state index contributed by atoms with van der Waals surface area (Å²) in [6.45, 7) is 6.47. The Morgan fingerprint density at radius 2 is 1.77 bits per heavy atom. The number of hydrogen-bond acceptors (Lipinski definition) is 6. The van der Waals surface area contributed by atoms with Crippen LogP contribution < -0.4 is 15.4 Å². The van der Waals surface area contributed by atoms with Crippen molar-refractivity contribution < 1.29 is 23.9 Å². The number of piperidine rings is 2. The summed E-state index contributed by atoms with van der Waals surface area (Å²) in [7, 11) is 0. The zero-order valence-corrected chi connectivity index (χ0v) is 23.7. The molecule has 5 rings (SSSR count). The number of amides is 3. The molecule has 3 aliphatic rings. The van der Waals surface area contributed by atoms with Crippen molar-refractivity contribution in [1.29, 1.82) is 0 Å². The van der Waals surface area contributed by atoms with E-state index in [9.17, 15) is 14.4 Å². The third-order valence-corrected chi connectivity index (χ3v) is 8.29. The Morgan fingerprint density at radius 3 is 2.48 bits per heavy atom. The molecule has 2 aromatic carbocycles. The van der Waals surface area contributed by atoms with Gasteiger partial charge in [0.25, 0.3) is 5.91 Å². The summed E-state index contributed by atoms with van der Waals surface area (Å²) >= 11 is 6.44. The Labute approximate surface area is 240 Å². The molecule has 214 valence electrons. The molecular formula is C30H37ClN4O5. The van der Waals surface area contributed by atoms with E-state index in [1.54, 1.807) is 6.07 Å². The van der Waals surface area contributed by atoms with Gasteiger partial charge in [0, 0.05) is 57.7 Å². The molecule has 3 aliphatic heterocycles. The fourth-order valence-corrected chi connectivity index (χ4v) is 6.09. The molecule has 3 amide bonds. The standard InChI is InChI=1S/C30H37ClN4O5/c1-20(36)32-27-24-11-16-39-28(24)25(17-26(27)31)29(37)33-23-9-12-34(13-10-23)18-21-7-14-35(15-8-21)30(38)40-19-22-5-3-2-4-6-22/h2-6,17,21,23H,7-16,18-19H2,1H3,(H,32,36)(H,33,37). The second-order valence-electron chi connectivity index (χ2n) is 10.9. The van der Waals surface area contributed by atoms with E-state index in [1.807, 2.05) is 35.2 Å². The van der Waals surface area contributed by atoms with Gasteiger partial charge in [-0.3, -0.25) is 9.59 Å². The maximum Gasteiger partial charge on any atom is 0.410 e. The lowest BCUT2D eigenvalue weighted by atomic mass is 9.95. The van der Waals surface area contributed by atoms with Gasteiger partial charge in [0.15, 0.2) is 0 Å². The van der Waals surface area contributed by atoms with Crippen molar-refractivity contribution in [3.8, 4) is 5.75 Å². The maximum atomic E-state index is 13.2. The molecule has 0 bridgehead atoms. The number of nitrogens with one attached hydrogen (secondary N) is 2. The molecule has 0 aromatic heterocycles.